The van der Waals surface area contributed by atoms with Crippen molar-refractivity contribution in [2.24, 2.45) is 0 Å². The molecule has 0 aliphatic rings. The standard InChI is InChI=1S/C27H33F2N3O3/c1-5-8-32(9-6-2)27(35)21-11-18(7-3)10-20(15-21)26(34)31-24(25(33)17-30-4)14-19-12-22(28)16-23(29)13-19/h3,10-13,15-16,24-25,30,33H,5-6,8-9,14,17H2,1-2,4H3,(H,31,34). The lowest BCUT2D eigenvalue weighted by atomic mass is 9.99. The first-order valence-corrected chi connectivity index (χ1v) is 11.7. The second-order valence-electron chi connectivity index (χ2n) is 8.42. The molecule has 0 fully saturated rings. The number of hydrogen-bond donors (Lipinski definition) is 3. The van der Waals surface area contributed by atoms with Crippen molar-refractivity contribution < 1.29 is 23.5 Å². The number of hydrogen-bond acceptors (Lipinski definition) is 4. The van der Waals surface area contributed by atoms with Crippen molar-refractivity contribution in [2.45, 2.75) is 45.3 Å². The molecule has 2 aromatic rings. The van der Waals surface area contributed by atoms with Gasteiger partial charge in [0.25, 0.3) is 11.8 Å². The number of carbonyl (C=O) groups excluding carboxylic acids is 2. The van der Waals surface area contributed by atoms with E-state index in [1.54, 1.807) is 18.0 Å². The number of aliphatic hydroxyl groups is 1. The Kier molecular flexibility index (Phi) is 10.8. The highest BCUT2D eigenvalue weighted by Crippen LogP contribution is 2.16. The topological polar surface area (TPSA) is 81.7 Å². The number of terminal acetylenes is 1. The minimum Gasteiger partial charge on any atom is -0.390 e. The van der Waals surface area contributed by atoms with Crippen molar-refractivity contribution in [3.05, 3.63) is 70.3 Å². The van der Waals surface area contributed by atoms with E-state index >= 15 is 0 Å². The molecule has 0 radical (unpaired) electrons. The van der Waals surface area contributed by atoms with Crippen LogP contribution in [0.1, 0.15) is 58.5 Å². The Morgan fingerprint density at radius 2 is 1.63 bits per heavy atom. The van der Waals surface area contributed by atoms with E-state index in [9.17, 15) is 23.5 Å². The van der Waals surface area contributed by atoms with Gasteiger partial charge >= 0.3 is 0 Å². The average Bonchev–Trinajstić information content (AvgIpc) is 2.82. The number of halogens is 2. The van der Waals surface area contributed by atoms with Crippen LogP contribution in [0.25, 0.3) is 0 Å². The Labute approximate surface area is 205 Å². The zero-order valence-corrected chi connectivity index (χ0v) is 20.4. The molecule has 2 rings (SSSR count). The van der Waals surface area contributed by atoms with Gasteiger partial charge in [0, 0.05) is 42.4 Å². The van der Waals surface area contributed by atoms with E-state index in [0.29, 0.717) is 24.2 Å². The molecule has 8 heteroatoms. The number of rotatable bonds is 12. The van der Waals surface area contributed by atoms with Crippen LogP contribution in [0, 0.1) is 24.0 Å². The predicted molar refractivity (Wildman–Crippen MR) is 132 cm³/mol. The van der Waals surface area contributed by atoms with E-state index in [2.05, 4.69) is 16.6 Å². The fourth-order valence-corrected chi connectivity index (χ4v) is 3.87. The summed E-state index contributed by atoms with van der Waals surface area (Å²) >= 11 is 0. The number of carbonyl (C=O) groups is 2. The summed E-state index contributed by atoms with van der Waals surface area (Å²) in [6, 6.07) is 6.73. The highest BCUT2D eigenvalue weighted by atomic mass is 19.1. The second kappa shape index (κ2) is 13.6. The summed E-state index contributed by atoms with van der Waals surface area (Å²) in [5, 5.41) is 16.1. The average molecular weight is 486 g/mol. The molecule has 0 aliphatic heterocycles. The molecular formula is C27H33F2N3O3. The minimum atomic E-state index is -1.04. The second-order valence-corrected chi connectivity index (χ2v) is 8.42. The van der Waals surface area contributed by atoms with Crippen LogP contribution in [0.15, 0.2) is 36.4 Å². The highest BCUT2D eigenvalue weighted by molar-refractivity contribution is 6.00. The van der Waals surface area contributed by atoms with Gasteiger partial charge in [0.1, 0.15) is 11.6 Å². The SMILES string of the molecule is C#Cc1cc(C(=O)NC(Cc2cc(F)cc(F)c2)C(O)CNC)cc(C(=O)N(CCC)CCC)c1. The molecule has 6 nitrogen and oxygen atoms in total. The first-order chi connectivity index (χ1) is 16.7. The van der Waals surface area contributed by atoms with Gasteiger partial charge in [-0.1, -0.05) is 19.8 Å². The molecule has 0 spiro atoms. The third-order valence-electron chi connectivity index (χ3n) is 5.46. The zero-order chi connectivity index (χ0) is 26.0. The third kappa shape index (κ3) is 8.16. The molecule has 0 aromatic heterocycles. The van der Waals surface area contributed by atoms with E-state index in [4.69, 9.17) is 6.42 Å². The largest absolute Gasteiger partial charge is 0.390 e. The van der Waals surface area contributed by atoms with Gasteiger partial charge in [0.15, 0.2) is 0 Å². The first kappa shape index (κ1) is 28.0. The minimum absolute atomic E-state index is 0.00926. The number of benzene rings is 2. The summed E-state index contributed by atoms with van der Waals surface area (Å²) < 4.78 is 27.4. The molecule has 3 N–H and O–H groups in total. The molecule has 0 bridgehead atoms. The van der Waals surface area contributed by atoms with Crippen molar-refractivity contribution in [2.75, 3.05) is 26.7 Å². The highest BCUT2D eigenvalue weighted by Gasteiger charge is 2.24. The Morgan fingerprint density at radius 1 is 1.03 bits per heavy atom. The summed E-state index contributed by atoms with van der Waals surface area (Å²) in [5.74, 6) is 0.194. The molecule has 35 heavy (non-hydrogen) atoms. The summed E-state index contributed by atoms with van der Waals surface area (Å²) in [4.78, 5) is 28.0. The summed E-state index contributed by atoms with van der Waals surface area (Å²) in [6.07, 6.45) is 6.10. The first-order valence-electron chi connectivity index (χ1n) is 11.7. The lowest BCUT2D eigenvalue weighted by Gasteiger charge is -2.25. The van der Waals surface area contributed by atoms with Gasteiger partial charge in [-0.3, -0.25) is 9.59 Å². The number of aliphatic hydroxyl groups excluding tert-OH is 1. The van der Waals surface area contributed by atoms with Crippen molar-refractivity contribution in [3.8, 4) is 12.3 Å². The van der Waals surface area contributed by atoms with E-state index in [1.807, 2.05) is 13.8 Å². The van der Waals surface area contributed by atoms with Crippen LogP contribution in [-0.4, -0.2) is 60.6 Å². The molecule has 0 heterocycles. The molecule has 2 aromatic carbocycles. The summed E-state index contributed by atoms with van der Waals surface area (Å²) in [7, 11) is 1.64. The van der Waals surface area contributed by atoms with Gasteiger partial charge in [-0.25, -0.2) is 8.78 Å². The van der Waals surface area contributed by atoms with Crippen LogP contribution < -0.4 is 10.6 Å². The van der Waals surface area contributed by atoms with E-state index in [0.717, 1.165) is 31.0 Å². The normalized spacial score (nSPS) is 12.5. The van der Waals surface area contributed by atoms with E-state index in [-0.39, 0.29) is 30.0 Å². The molecule has 0 saturated heterocycles. The lowest BCUT2D eigenvalue weighted by molar-refractivity contribution is 0.0755. The maximum Gasteiger partial charge on any atom is 0.253 e. The van der Waals surface area contributed by atoms with Crippen molar-refractivity contribution in [1.29, 1.82) is 0 Å². The quantitative estimate of drug-likeness (QED) is 0.404. The maximum absolute atomic E-state index is 13.7. The van der Waals surface area contributed by atoms with E-state index < -0.39 is 29.7 Å². The van der Waals surface area contributed by atoms with Gasteiger partial charge in [0.2, 0.25) is 0 Å². The van der Waals surface area contributed by atoms with Crippen molar-refractivity contribution in [3.63, 3.8) is 0 Å². The predicted octanol–water partition coefficient (Wildman–Crippen LogP) is 3.13. The van der Waals surface area contributed by atoms with Gasteiger partial charge in [-0.2, -0.15) is 0 Å². The van der Waals surface area contributed by atoms with Gasteiger partial charge < -0.3 is 20.6 Å². The molecule has 2 amide bonds. The van der Waals surface area contributed by atoms with Gasteiger partial charge in [0.05, 0.1) is 12.1 Å². The van der Waals surface area contributed by atoms with Gasteiger partial charge in [-0.15, -0.1) is 6.42 Å². The van der Waals surface area contributed by atoms with Crippen LogP contribution in [-0.2, 0) is 6.42 Å². The number of amides is 2. The monoisotopic (exact) mass is 485 g/mol. The van der Waals surface area contributed by atoms with Crippen molar-refractivity contribution in [1.82, 2.24) is 15.5 Å². The Hall–Kier alpha value is -3.28. The maximum atomic E-state index is 13.7. The fraction of sp³-hybridized carbons (Fsp3) is 0.407. The van der Waals surface area contributed by atoms with Crippen molar-refractivity contribution >= 4 is 11.8 Å². The lowest BCUT2D eigenvalue weighted by Crippen LogP contribution is -2.48. The van der Waals surface area contributed by atoms with Crippen LogP contribution in [0.3, 0.4) is 0 Å². The number of nitrogens with one attached hydrogen (secondary N) is 2. The third-order valence-corrected chi connectivity index (χ3v) is 5.46. The smallest absolute Gasteiger partial charge is 0.253 e. The van der Waals surface area contributed by atoms with Crippen LogP contribution in [0.5, 0.6) is 0 Å². The number of likely N-dealkylation sites (N-methyl/N-ethyl adjacent to an activating group) is 1. The molecular weight excluding hydrogens is 452 g/mol. The molecule has 2 atom stereocenters. The fourth-order valence-electron chi connectivity index (χ4n) is 3.87. The van der Waals surface area contributed by atoms with Crippen LogP contribution in [0.2, 0.25) is 0 Å². The molecule has 2 unspecified atom stereocenters. The molecule has 0 saturated carbocycles. The van der Waals surface area contributed by atoms with Gasteiger partial charge in [-0.05, 0) is 62.2 Å². The van der Waals surface area contributed by atoms with Crippen LogP contribution in [0.4, 0.5) is 8.78 Å². The summed E-state index contributed by atoms with van der Waals surface area (Å²) in [5.41, 5.74) is 1.11. The van der Waals surface area contributed by atoms with Crippen LogP contribution >= 0.6 is 0 Å². The Balaban J connectivity index is 2.35. The summed E-state index contributed by atoms with van der Waals surface area (Å²) in [6.45, 7) is 5.26. The zero-order valence-electron chi connectivity index (χ0n) is 20.4. The van der Waals surface area contributed by atoms with E-state index in [1.165, 1.54) is 12.1 Å². The molecule has 0 aliphatic carbocycles. The number of nitrogens with zero attached hydrogens (tertiary/aromatic N) is 1. The molecule has 188 valence electrons. The Bertz CT molecular complexity index is 1040. The Morgan fingerprint density at radius 3 is 2.17 bits per heavy atom.